The van der Waals surface area contributed by atoms with Crippen molar-refractivity contribution in [1.82, 2.24) is 4.98 Å². The summed E-state index contributed by atoms with van der Waals surface area (Å²) in [5, 5.41) is 3.33. The molecule has 4 nitrogen and oxygen atoms in total. The molecule has 0 atom stereocenters. The highest BCUT2D eigenvalue weighted by molar-refractivity contribution is 5.97. The summed E-state index contributed by atoms with van der Waals surface area (Å²) >= 11 is 0. The van der Waals surface area contributed by atoms with Gasteiger partial charge in [-0.05, 0) is 55.6 Å². The van der Waals surface area contributed by atoms with Crippen molar-refractivity contribution < 1.29 is 4.79 Å². The Labute approximate surface area is 107 Å². The predicted molar refractivity (Wildman–Crippen MR) is 70.2 cm³/mol. The van der Waals surface area contributed by atoms with Gasteiger partial charge in [0.15, 0.2) is 0 Å². The van der Waals surface area contributed by atoms with Crippen molar-refractivity contribution >= 4 is 11.7 Å². The molecule has 2 fully saturated rings. The van der Waals surface area contributed by atoms with Gasteiger partial charge in [0.2, 0.25) is 0 Å². The van der Waals surface area contributed by atoms with Crippen molar-refractivity contribution in [2.45, 2.75) is 25.7 Å². The van der Waals surface area contributed by atoms with Crippen LogP contribution in [-0.2, 0) is 0 Å². The number of nitrogens with one attached hydrogen (secondary N) is 1. The Bertz CT molecular complexity index is 440. The van der Waals surface area contributed by atoms with Gasteiger partial charge in [-0.2, -0.15) is 0 Å². The molecule has 96 valence electrons. The van der Waals surface area contributed by atoms with Crippen LogP contribution in [-0.4, -0.2) is 17.4 Å². The SMILES string of the molecule is NC(=O)c1cccnc1NCC(C1CC1)C1CC1. The number of aromatic nitrogens is 1. The van der Waals surface area contributed by atoms with Gasteiger partial charge in [-0.15, -0.1) is 0 Å². The summed E-state index contributed by atoms with van der Waals surface area (Å²) < 4.78 is 0. The first-order chi connectivity index (χ1) is 8.75. The summed E-state index contributed by atoms with van der Waals surface area (Å²) in [5.41, 5.74) is 5.84. The largest absolute Gasteiger partial charge is 0.369 e. The number of nitrogens with two attached hydrogens (primary N) is 1. The minimum atomic E-state index is -0.417. The molecule has 0 saturated heterocycles. The third-order valence-corrected chi connectivity index (χ3v) is 4.03. The van der Waals surface area contributed by atoms with E-state index in [-0.39, 0.29) is 0 Å². The Kier molecular flexibility index (Phi) is 2.94. The highest BCUT2D eigenvalue weighted by Gasteiger charge is 2.41. The maximum Gasteiger partial charge on any atom is 0.252 e. The molecule has 1 aromatic heterocycles. The van der Waals surface area contributed by atoms with Gasteiger partial charge < -0.3 is 11.1 Å². The highest BCUT2D eigenvalue weighted by Crippen LogP contribution is 2.49. The van der Waals surface area contributed by atoms with E-state index in [1.165, 1.54) is 25.7 Å². The number of hydrogen-bond donors (Lipinski definition) is 2. The van der Waals surface area contributed by atoms with Crippen LogP contribution in [0.2, 0.25) is 0 Å². The topological polar surface area (TPSA) is 68.0 Å². The molecule has 4 heteroatoms. The Morgan fingerprint density at radius 3 is 2.61 bits per heavy atom. The zero-order valence-corrected chi connectivity index (χ0v) is 10.4. The number of pyridine rings is 1. The first-order valence-electron chi connectivity index (χ1n) is 6.74. The van der Waals surface area contributed by atoms with Gasteiger partial charge in [0.1, 0.15) is 5.82 Å². The molecule has 3 rings (SSSR count). The summed E-state index contributed by atoms with van der Waals surface area (Å²) in [6.07, 6.45) is 7.17. The molecule has 1 heterocycles. The molecule has 3 N–H and O–H groups in total. The zero-order chi connectivity index (χ0) is 12.5. The zero-order valence-electron chi connectivity index (χ0n) is 10.4. The van der Waals surface area contributed by atoms with E-state index in [0.717, 1.165) is 24.3 Å². The van der Waals surface area contributed by atoms with Gasteiger partial charge in [0.05, 0.1) is 5.56 Å². The Balaban J connectivity index is 1.66. The predicted octanol–water partition coefficient (Wildman–Crippen LogP) is 2.03. The summed E-state index contributed by atoms with van der Waals surface area (Å²) in [5.74, 6) is 2.76. The lowest BCUT2D eigenvalue weighted by Gasteiger charge is -2.17. The summed E-state index contributed by atoms with van der Waals surface area (Å²) in [4.78, 5) is 15.5. The second-order valence-electron chi connectivity index (χ2n) is 5.48. The van der Waals surface area contributed by atoms with E-state index in [0.29, 0.717) is 11.4 Å². The van der Waals surface area contributed by atoms with Crippen LogP contribution >= 0.6 is 0 Å². The fourth-order valence-electron chi connectivity index (χ4n) is 2.73. The number of nitrogens with zero attached hydrogens (tertiary/aromatic N) is 1. The van der Waals surface area contributed by atoms with Crippen LogP contribution in [0.5, 0.6) is 0 Å². The molecule has 0 unspecified atom stereocenters. The number of anilines is 1. The molecule has 18 heavy (non-hydrogen) atoms. The van der Waals surface area contributed by atoms with Crippen molar-refractivity contribution in [2.24, 2.45) is 23.5 Å². The van der Waals surface area contributed by atoms with Crippen LogP contribution in [0.15, 0.2) is 18.3 Å². The molecule has 0 spiro atoms. The maximum atomic E-state index is 11.3. The molecule has 0 bridgehead atoms. The number of carbonyl (C=O) groups is 1. The quantitative estimate of drug-likeness (QED) is 0.805. The van der Waals surface area contributed by atoms with E-state index in [4.69, 9.17) is 5.73 Å². The van der Waals surface area contributed by atoms with Crippen LogP contribution in [0, 0.1) is 17.8 Å². The average Bonchev–Trinajstić information content (AvgIpc) is 3.24. The minimum Gasteiger partial charge on any atom is -0.369 e. The molecule has 1 aromatic rings. The van der Waals surface area contributed by atoms with E-state index in [2.05, 4.69) is 10.3 Å². The Morgan fingerprint density at radius 2 is 2.06 bits per heavy atom. The van der Waals surface area contributed by atoms with Gasteiger partial charge in [-0.25, -0.2) is 4.98 Å². The number of carbonyl (C=O) groups excluding carboxylic acids is 1. The van der Waals surface area contributed by atoms with E-state index in [1.807, 2.05) is 0 Å². The third kappa shape index (κ3) is 2.47. The van der Waals surface area contributed by atoms with Crippen LogP contribution in [0.3, 0.4) is 0 Å². The molecular weight excluding hydrogens is 226 g/mol. The lowest BCUT2D eigenvalue weighted by atomic mass is 9.98. The van der Waals surface area contributed by atoms with Gasteiger partial charge in [0, 0.05) is 12.7 Å². The van der Waals surface area contributed by atoms with E-state index < -0.39 is 5.91 Å². The average molecular weight is 245 g/mol. The monoisotopic (exact) mass is 245 g/mol. The van der Waals surface area contributed by atoms with Crippen LogP contribution in [0.25, 0.3) is 0 Å². The number of hydrogen-bond acceptors (Lipinski definition) is 3. The lowest BCUT2D eigenvalue weighted by Crippen LogP contribution is -2.21. The smallest absolute Gasteiger partial charge is 0.252 e. The van der Waals surface area contributed by atoms with Crippen molar-refractivity contribution in [3.05, 3.63) is 23.9 Å². The van der Waals surface area contributed by atoms with Gasteiger partial charge >= 0.3 is 0 Å². The first-order valence-corrected chi connectivity index (χ1v) is 6.74. The highest BCUT2D eigenvalue weighted by atomic mass is 16.1. The number of primary amides is 1. The Morgan fingerprint density at radius 1 is 1.39 bits per heavy atom. The third-order valence-electron chi connectivity index (χ3n) is 4.03. The normalized spacial score (nSPS) is 18.9. The van der Waals surface area contributed by atoms with Crippen LogP contribution in [0.4, 0.5) is 5.82 Å². The van der Waals surface area contributed by atoms with Crippen molar-refractivity contribution in [2.75, 3.05) is 11.9 Å². The van der Waals surface area contributed by atoms with Crippen LogP contribution in [0.1, 0.15) is 36.0 Å². The second-order valence-corrected chi connectivity index (χ2v) is 5.48. The molecule has 1 amide bonds. The van der Waals surface area contributed by atoms with Crippen molar-refractivity contribution in [3.8, 4) is 0 Å². The van der Waals surface area contributed by atoms with Gasteiger partial charge in [-0.3, -0.25) is 4.79 Å². The van der Waals surface area contributed by atoms with Crippen molar-refractivity contribution in [3.63, 3.8) is 0 Å². The Hall–Kier alpha value is -1.58. The molecular formula is C14H19N3O. The number of rotatable bonds is 6. The summed E-state index contributed by atoms with van der Waals surface area (Å²) in [6.45, 7) is 0.923. The molecule has 0 aromatic carbocycles. The molecule has 0 radical (unpaired) electrons. The fourth-order valence-corrected chi connectivity index (χ4v) is 2.73. The van der Waals surface area contributed by atoms with Gasteiger partial charge in [-0.1, -0.05) is 0 Å². The minimum absolute atomic E-state index is 0.417. The molecule has 2 aliphatic rings. The fraction of sp³-hybridized carbons (Fsp3) is 0.571. The standard InChI is InChI=1S/C14H19N3O/c15-13(18)11-2-1-7-16-14(11)17-8-12(9-3-4-9)10-5-6-10/h1-2,7,9-10,12H,3-6,8H2,(H2,15,18)(H,16,17). The first kappa shape index (κ1) is 11.5. The van der Waals surface area contributed by atoms with E-state index in [1.54, 1.807) is 18.3 Å². The lowest BCUT2D eigenvalue weighted by molar-refractivity contribution is 0.100. The molecule has 2 saturated carbocycles. The summed E-state index contributed by atoms with van der Waals surface area (Å²) in [6, 6.07) is 3.46. The van der Waals surface area contributed by atoms with E-state index >= 15 is 0 Å². The summed E-state index contributed by atoms with van der Waals surface area (Å²) in [7, 11) is 0. The second kappa shape index (κ2) is 4.59. The molecule has 0 aliphatic heterocycles. The maximum absolute atomic E-state index is 11.3. The van der Waals surface area contributed by atoms with Crippen LogP contribution < -0.4 is 11.1 Å². The molecule has 2 aliphatic carbocycles. The van der Waals surface area contributed by atoms with E-state index in [9.17, 15) is 4.79 Å². The van der Waals surface area contributed by atoms with Gasteiger partial charge in [0.25, 0.3) is 5.91 Å². The van der Waals surface area contributed by atoms with Crippen molar-refractivity contribution in [1.29, 1.82) is 0 Å². The number of amides is 1.